The molecular weight excluding hydrogens is 324 g/mol. The van der Waals surface area contributed by atoms with Crippen molar-refractivity contribution in [1.29, 1.82) is 5.26 Å². The summed E-state index contributed by atoms with van der Waals surface area (Å²) >= 11 is 4.54. The lowest BCUT2D eigenvalue weighted by Crippen LogP contribution is -1.76. The van der Waals surface area contributed by atoms with Crippen LogP contribution in [0.2, 0.25) is 0 Å². The highest BCUT2D eigenvalue weighted by atomic mass is 32.2. The maximum Gasteiger partial charge on any atom is 0.151 e. The van der Waals surface area contributed by atoms with E-state index in [0.29, 0.717) is 19.3 Å². The molecule has 0 atom stereocenters. The van der Waals surface area contributed by atoms with Gasteiger partial charge in [-0.3, -0.25) is 0 Å². The molecule has 1 heterocycles. The van der Waals surface area contributed by atoms with Crippen LogP contribution in [0.5, 0.6) is 0 Å². The number of benzene rings is 1. The highest BCUT2D eigenvalue weighted by Gasteiger charge is 2.02. The molecule has 2 aromatic rings. The van der Waals surface area contributed by atoms with Crippen LogP contribution in [0.4, 0.5) is 0 Å². The largest absolute Gasteiger partial charge is 0.303 e. The van der Waals surface area contributed by atoms with E-state index in [0.717, 1.165) is 27.5 Å². The summed E-state index contributed by atoms with van der Waals surface area (Å²) in [7, 11) is 0. The van der Waals surface area contributed by atoms with Crippen molar-refractivity contribution in [3.8, 4) is 5.40 Å². The number of rotatable bonds is 7. The Bertz CT molecular complexity index is 567. The van der Waals surface area contributed by atoms with Crippen LogP contribution in [0.3, 0.4) is 0 Å². The molecule has 1 aromatic heterocycles. The first-order valence-electron chi connectivity index (χ1n) is 6.18. The van der Waals surface area contributed by atoms with E-state index in [4.69, 9.17) is 5.26 Å². The van der Waals surface area contributed by atoms with Crippen LogP contribution in [-0.4, -0.2) is 22.6 Å². The Morgan fingerprint density at radius 3 is 2.57 bits per heavy atom. The third-order valence-electron chi connectivity index (χ3n) is 2.22. The second kappa shape index (κ2) is 11.3. The molecule has 0 fully saturated rings. The molecule has 2 rings (SSSR count). The fourth-order valence-electron chi connectivity index (χ4n) is 1.30. The van der Waals surface area contributed by atoms with Gasteiger partial charge in [-0.2, -0.15) is 5.26 Å². The number of fused-ring (bicyclic) bond motifs is 1. The van der Waals surface area contributed by atoms with E-state index < -0.39 is 0 Å². The number of thiazole rings is 1. The van der Waals surface area contributed by atoms with E-state index in [1.807, 2.05) is 23.6 Å². The number of para-hydroxylation sites is 1. The van der Waals surface area contributed by atoms with Crippen LogP contribution in [0, 0.1) is 10.7 Å². The second-order valence-electron chi connectivity index (χ2n) is 3.71. The molecule has 4 nitrogen and oxygen atoms in total. The van der Waals surface area contributed by atoms with Gasteiger partial charge >= 0.3 is 0 Å². The van der Waals surface area contributed by atoms with Gasteiger partial charge in [0.05, 0.1) is 15.3 Å². The number of nitrogens with zero attached hydrogens (tertiary/aromatic N) is 2. The molecular formula is C14H14N2O2S3. The molecule has 0 unspecified atom stereocenters. The van der Waals surface area contributed by atoms with Crippen LogP contribution >= 0.6 is 34.9 Å². The van der Waals surface area contributed by atoms with Gasteiger partial charge < -0.3 is 9.59 Å². The Kier molecular flexibility index (Phi) is 9.53. The highest BCUT2D eigenvalue weighted by Crippen LogP contribution is 2.30. The van der Waals surface area contributed by atoms with Crippen molar-refractivity contribution in [2.75, 3.05) is 5.08 Å². The number of hydrogen-bond acceptors (Lipinski definition) is 7. The van der Waals surface area contributed by atoms with Crippen LogP contribution in [0.15, 0.2) is 28.6 Å². The second-order valence-corrected chi connectivity index (χ2v) is 7.09. The fraction of sp³-hybridized carbons (Fsp3) is 0.286. The molecule has 0 N–H and O–H groups in total. The quantitative estimate of drug-likeness (QED) is 0.249. The summed E-state index contributed by atoms with van der Waals surface area (Å²) in [5.74, 6) is 0. The molecule has 0 aliphatic heterocycles. The van der Waals surface area contributed by atoms with Crippen molar-refractivity contribution in [3.05, 3.63) is 24.3 Å². The average molecular weight is 338 g/mol. The molecule has 0 aliphatic rings. The van der Waals surface area contributed by atoms with E-state index in [-0.39, 0.29) is 0 Å². The molecule has 0 radical (unpaired) electrons. The van der Waals surface area contributed by atoms with Crippen molar-refractivity contribution < 1.29 is 9.59 Å². The van der Waals surface area contributed by atoms with Crippen molar-refractivity contribution in [1.82, 2.24) is 4.98 Å². The zero-order valence-electron chi connectivity index (χ0n) is 11.2. The number of aldehydes is 2. The Balaban J connectivity index is 0.000000270. The number of carbonyl (C=O) groups is 2. The smallest absolute Gasteiger partial charge is 0.151 e. The number of unbranched alkanes of at least 4 members (excludes halogenated alkanes) is 2. The van der Waals surface area contributed by atoms with E-state index in [2.05, 4.69) is 11.1 Å². The van der Waals surface area contributed by atoms with E-state index >= 15 is 0 Å². The number of thiocyanates is 1. The van der Waals surface area contributed by atoms with Gasteiger partial charge in [0, 0.05) is 12.8 Å². The van der Waals surface area contributed by atoms with Gasteiger partial charge in [-0.1, -0.05) is 23.9 Å². The minimum Gasteiger partial charge on any atom is -0.303 e. The summed E-state index contributed by atoms with van der Waals surface area (Å²) in [6, 6.07) is 8.07. The first-order valence-corrected chi connectivity index (χ1v) is 8.97. The summed E-state index contributed by atoms with van der Waals surface area (Å²) in [5.41, 5.74) is 1.04. The third-order valence-corrected chi connectivity index (χ3v) is 5.07. The van der Waals surface area contributed by atoms with Gasteiger partial charge in [0.2, 0.25) is 0 Å². The van der Waals surface area contributed by atoms with E-state index in [1.54, 1.807) is 23.1 Å². The molecule has 110 valence electrons. The van der Waals surface area contributed by atoms with E-state index in [1.165, 1.54) is 16.5 Å². The van der Waals surface area contributed by atoms with Gasteiger partial charge in [0.15, 0.2) is 4.34 Å². The molecule has 0 amide bonds. The van der Waals surface area contributed by atoms with Gasteiger partial charge in [-0.05, 0) is 30.3 Å². The topological polar surface area (TPSA) is 70.8 Å². The minimum absolute atomic E-state index is 0.513. The maximum absolute atomic E-state index is 9.56. The third kappa shape index (κ3) is 7.27. The van der Waals surface area contributed by atoms with Crippen molar-refractivity contribution >= 4 is 57.6 Å². The van der Waals surface area contributed by atoms with Crippen molar-refractivity contribution in [3.63, 3.8) is 0 Å². The SMILES string of the molecule is N#CSCSc1nc2ccccc2s1.O=CCCCC=O. The molecule has 0 aliphatic carbocycles. The number of carbonyl (C=O) groups excluding carboxylic acids is 2. The number of nitriles is 1. The number of aromatic nitrogens is 1. The minimum atomic E-state index is 0.513. The Hall–Kier alpha value is -1.36. The molecule has 1 aromatic carbocycles. The average Bonchev–Trinajstić information content (AvgIpc) is 2.91. The molecule has 7 heteroatoms. The van der Waals surface area contributed by atoms with Crippen LogP contribution in [0.25, 0.3) is 10.2 Å². The molecule has 0 bridgehead atoms. The summed E-state index contributed by atoms with van der Waals surface area (Å²) in [6.07, 6.45) is 3.37. The van der Waals surface area contributed by atoms with Gasteiger partial charge in [0.1, 0.15) is 18.0 Å². The van der Waals surface area contributed by atoms with Crippen molar-refractivity contribution in [2.45, 2.75) is 23.6 Å². The van der Waals surface area contributed by atoms with Gasteiger partial charge in [-0.15, -0.1) is 11.3 Å². The Labute approximate surface area is 135 Å². The van der Waals surface area contributed by atoms with E-state index in [9.17, 15) is 9.59 Å². The number of hydrogen-bond donors (Lipinski definition) is 0. The van der Waals surface area contributed by atoms with Gasteiger partial charge in [0.25, 0.3) is 0 Å². The summed E-state index contributed by atoms with van der Waals surface area (Å²) in [4.78, 5) is 23.6. The maximum atomic E-state index is 9.56. The fourth-order valence-corrected chi connectivity index (χ4v) is 3.95. The number of thioether (sulfide) groups is 2. The standard InChI is InChI=1S/C9H6N2S3.C5H8O2/c10-5-12-6-13-9-11-7-3-1-2-4-8(7)14-9;6-4-2-1-3-5-7/h1-4H,6H2;4-5H,1-3H2. The molecule has 0 spiro atoms. The Morgan fingerprint density at radius 2 is 1.95 bits per heavy atom. The zero-order chi connectivity index (χ0) is 15.3. The first kappa shape index (κ1) is 17.7. The first-order chi connectivity index (χ1) is 10.3. The normalized spacial score (nSPS) is 9.48. The predicted octanol–water partition coefficient (Wildman–Crippen LogP) is 4.11. The Morgan fingerprint density at radius 1 is 1.24 bits per heavy atom. The summed E-state index contributed by atoms with van der Waals surface area (Å²) in [5, 5.41) is 11.2. The van der Waals surface area contributed by atoms with Crippen LogP contribution in [-0.2, 0) is 9.59 Å². The lowest BCUT2D eigenvalue weighted by molar-refractivity contribution is -0.108. The molecule has 21 heavy (non-hydrogen) atoms. The monoisotopic (exact) mass is 338 g/mol. The predicted molar refractivity (Wildman–Crippen MR) is 89.5 cm³/mol. The summed E-state index contributed by atoms with van der Waals surface area (Å²) in [6.45, 7) is 0. The van der Waals surface area contributed by atoms with Crippen molar-refractivity contribution in [2.24, 2.45) is 0 Å². The van der Waals surface area contributed by atoms with Crippen LogP contribution < -0.4 is 0 Å². The zero-order valence-corrected chi connectivity index (χ0v) is 13.7. The lowest BCUT2D eigenvalue weighted by Gasteiger charge is -1.87. The van der Waals surface area contributed by atoms with Crippen LogP contribution in [0.1, 0.15) is 19.3 Å². The summed E-state index contributed by atoms with van der Waals surface area (Å²) < 4.78 is 2.24. The lowest BCUT2D eigenvalue weighted by atomic mass is 10.3. The van der Waals surface area contributed by atoms with Gasteiger partial charge in [-0.25, -0.2) is 4.98 Å². The molecule has 0 saturated heterocycles. The molecule has 0 saturated carbocycles. The highest BCUT2D eigenvalue weighted by molar-refractivity contribution is 8.18.